The van der Waals surface area contributed by atoms with Crippen LogP contribution in [0.2, 0.25) is 0 Å². The predicted octanol–water partition coefficient (Wildman–Crippen LogP) is 7.40. The molecule has 14 nitrogen and oxygen atoms in total. The Bertz CT molecular complexity index is 1090. The van der Waals surface area contributed by atoms with Gasteiger partial charge in [-0.1, -0.05) is 75.6 Å². The summed E-state index contributed by atoms with van der Waals surface area (Å²) in [6.45, 7) is 4.59. The first-order valence-corrected chi connectivity index (χ1v) is 15.3. The standard InChI is InChI=1S/C32H42O14/c1-3-37-27-21-15-13-19-25(27)29(33)41-45-43-31(35)39-23-17-11-9-7-5-6-8-10-12-18-24-40-32(36)44-46-42-30(34)26-20-14-16-22-28(26)38-4-2/h13-16,19-22H,3-12,17-18,23-24H2,1-2H3. The van der Waals surface area contributed by atoms with E-state index in [-0.39, 0.29) is 24.3 Å². The van der Waals surface area contributed by atoms with E-state index < -0.39 is 24.2 Å². The van der Waals surface area contributed by atoms with Crippen LogP contribution in [0.4, 0.5) is 9.59 Å². The second-order valence-electron chi connectivity index (χ2n) is 9.64. The molecule has 2 aromatic carbocycles. The third-order valence-corrected chi connectivity index (χ3v) is 6.22. The molecule has 0 aliphatic carbocycles. The fourth-order valence-corrected chi connectivity index (χ4v) is 4.05. The van der Waals surface area contributed by atoms with Crippen molar-refractivity contribution in [1.82, 2.24) is 0 Å². The minimum absolute atomic E-state index is 0.127. The highest BCUT2D eigenvalue weighted by molar-refractivity contribution is 5.92. The van der Waals surface area contributed by atoms with E-state index in [1.165, 1.54) is 12.1 Å². The fourth-order valence-electron chi connectivity index (χ4n) is 4.05. The molecule has 0 saturated heterocycles. The second kappa shape index (κ2) is 23.8. The van der Waals surface area contributed by atoms with Gasteiger partial charge in [0.1, 0.15) is 22.6 Å². The number of rotatable bonds is 23. The molecule has 0 saturated carbocycles. The van der Waals surface area contributed by atoms with E-state index >= 15 is 0 Å². The normalized spacial score (nSPS) is 10.4. The summed E-state index contributed by atoms with van der Waals surface area (Å²) in [4.78, 5) is 64.7. The van der Waals surface area contributed by atoms with Crippen LogP contribution in [-0.2, 0) is 39.1 Å². The Hall–Kier alpha value is -4.56. The molecular weight excluding hydrogens is 608 g/mol. The first-order chi connectivity index (χ1) is 22.5. The Balaban J connectivity index is 1.35. The van der Waals surface area contributed by atoms with Gasteiger partial charge in [-0.2, -0.15) is 0 Å². The van der Waals surface area contributed by atoms with Crippen molar-refractivity contribution in [2.45, 2.75) is 78.1 Å². The average Bonchev–Trinajstić information content (AvgIpc) is 3.05. The largest absolute Gasteiger partial charge is 0.543 e. The Morgan fingerprint density at radius 1 is 0.478 bits per heavy atom. The zero-order valence-corrected chi connectivity index (χ0v) is 26.2. The van der Waals surface area contributed by atoms with Crippen LogP contribution in [0.3, 0.4) is 0 Å². The smallest absolute Gasteiger partial charge is 0.493 e. The van der Waals surface area contributed by atoms with Gasteiger partial charge in [0.15, 0.2) is 0 Å². The Kier molecular flexibility index (Phi) is 19.4. The number of hydrogen-bond donors (Lipinski definition) is 0. The molecular formula is C32H42O14. The van der Waals surface area contributed by atoms with Gasteiger partial charge in [0.05, 0.1) is 36.5 Å². The summed E-state index contributed by atoms with van der Waals surface area (Å²) < 4.78 is 20.4. The molecule has 0 aliphatic rings. The number of unbranched alkanes of at least 4 members (excludes halogenated alkanes) is 9. The SMILES string of the molecule is CCOc1ccccc1C(=O)OOOC(=O)OCCCCCCCCCCCCOC(=O)OOOC(=O)c1ccccc1OCC. The number of benzene rings is 2. The summed E-state index contributed by atoms with van der Waals surface area (Å²) in [7, 11) is 0. The van der Waals surface area contributed by atoms with E-state index in [0.717, 1.165) is 51.4 Å². The van der Waals surface area contributed by atoms with Crippen LogP contribution in [0.15, 0.2) is 48.5 Å². The third kappa shape index (κ3) is 16.0. The van der Waals surface area contributed by atoms with Crippen LogP contribution >= 0.6 is 0 Å². The minimum Gasteiger partial charge on any atom is -0.493 e. The molecule has 0 bridgehead atoms. The minimum atomic E-state index is -1.11. The highest BCUT2D eigenvalue weighted by Crippen LogP contribution is 2.20. The molecule has 14 heteroatoms. The molecule has 0 N–H and O–H groups in total. The van der Waals surface area contributed by atoms with E-state index in [1.54, 1.807) is 50.2 Å². The summed E-state index contributed by atoms with van der Waals surface area (Å²) in [5.74, 6) is -1.11. The van der Waals surface area contributed by atoms with Crippen molar-refractivity contribution in [2.24, 2.45) is 0 Å². The monoisotopic (exact) mass is 650 g/mol. The van der Waals surface area contributed by atoms with Crippen molar-refractivity contribution in [3.05, 3.63) is 59.7 Å². The van der Waals surface area contributed by atoms with Crippen LogP contribution in [-0.4, -0.2) is 50.7 Å². The Morgan fingerprint density at radius 3 is 1.20 bits per heavy atom. The van der Waals surface area contributed by atoms with Gasteiger partial charge in [-0.15, -0.1) is 0 Å². The summed E-state index contributed by atoms with van der Waals surface area (Å²) >= 11 is 0. The van der Waals surface area contributed by atoms with Crippen molar-refractivity contribution in [3.63, 3.8) is 0 Å². The number of carbonyl (C=O) groups excluding carboxylic acids is 4. The van der Waals surface area contributed by atoms with E-state index in [2.05, 4.69) is 29.6 Å². The molecule has 2 aromatic rings. The summed E-state index contributed by atoms with van der Waals surface area (Å²) in [5, 5.41) is 8.46. The number of hydrogen-bond acceptors (Lipinski definition) is 14. The molecule has 0 unspecified atom stereocenters. The quantitative estimate of drug-likeness (QED) is 0.0506. The number of carbonyl (C=O) groups is 4. The van der Waals surface area contributed by atoms with Crippen LogP contribution in [0, 0.1) is 0 Å². The van der Waals surface area contributed by atoms with E-state index in [9.17, 15) is 19.2 Å². The number of para-hydroxylation sites is 2. The van der Waals surface area contributed by atoms with Crippen LogP contribution in [0.1, 0.15) is 98.8 Å². The van der Waals surface area contributed by atoms with Gasteiger partial charge >= 0.3 is 24.2 Å². The zero-order valence-electron chi connectivity index (χ0n) is 26.2. The van der Waals surface area contributed by atoms with Gasteiger partial charge in [-0.3, -0.25) is 9.78 Å². The van der Waals surface area contributed by atoms with Crippen molar-refractivity contribution >= 4 is 24.2 Å². The molecule has 2 rings (SSSR count). The van der Waals surface area contributed by atoms with Gasteiger partial charge in [-0.05, 0) is 51.0 Å². The predicted molar refractivity (Wildman–Crippen MR) is 159 cm³/mol. The highest BCUT2D eigenvalue weighted by atomic mass is 17.5. The molecule has 0 heterocycles. The van der Waals surface area contributed by atoms with Gasteiger partial charge in [0.25, 0.3) is 0 Å². The van der Waals surface area contributed by atoms with Crippen molar-refractivity contribution < 1.29 is 67.8 Å². The van der Waals surface area contributed by atoms with Gasteiger partial charge in [0, 0.05) is 0 Å². The average molecular weight is 651 g/mol. The van der Waals surface area contributed by atoms with Gasteiger partial charge in [-0.25, -0.2) is 29.0 Å². The van der Waals surface area contributed by atoms with Crippen LogP contribution < -0.4 is 9.47 Å². The van der Waals surface area contributed by atoms with Crippen molar-refractivity contribution in [3.8, 4) is 11.5 Å². The molecule has 0 aliphatic heterocycles. The molecule has 0 aromatic heterocycles. The molecule has 0 fully saturated rings. The maximum absolute atomic E-state index is 12.0. The lowest BCUT2D eigenvalue weighted by Gasteiger charge is -2.08. The highest BCUT2D eigenvalue weighted by Gasteiger charge is 2.18. The maximum atomic E-state index is 12.0. The topological polar surface area (TPSA) is 161 Å². The first kappa shape index (κ1) is 37.6. The Morgan fingerprint density at radius 2 is 0.826 bits per heavy atom. The lowest BCUT2D eigenvalue weighted by molar-refractivity contribution is -0.452. The summed E-state index contributed by atoms with van der Waals surface area (Å²) in [6, 6.07) is 12.9. The van der Waals surface area contributed by atoms with E-state index in [1.807, 2.05) is 0 Å². The summed E-state index contributed by atoms with van der Waals surface area (Å²) in [5.41, 5.74) is 0.254. The molecule has 0 amide bonds. The fraction of sp³-hybridized carbons (Fsp3) is 0.500. The second-order valence-corrected chi connectivity index (χ2v) is 9.64. The number of ether oxygens (including phenoxy) is 4. The first-order valence-electron chi connectivity index (χ1n) is 15.3. The molecule has 0 atom stereocenters. The molecule has 0 spiro atoms. The molecule has 46 heavy (non-hydrogen) atoms. The van der Waals surface area contributed by atoms with E-state index in [0.29, 0.717) is 37.6 Å². The third-order valence-electron chi connectivity index (χ3n) is 6.22. The lowest BCUT2D eigenvalue weighted by Crippen LogP contribution is -2.13. The molecule has 254 valence electrons. The Labute approximate surface area is 267 Å². The van der Waals surface area contributed by atoms with Crippen LogP contribution in [0.5, 0.6) is 11.5 Å². The van der Waals surface area contributed by atoms with Gasteiger partial charge < -0.3 is 18.9 Å². The zero-order chi connectivity index (χ0) is 33.2. The molecule has 0 radical (unpaired) electrons. The van der Waals surface area contributed by atoms with Crippen LogP contribution in [0.25, 0.3) is 0 Å². The van der Waals surface area contributed by atoms with Crippen molar-refractivity contribution in [1.29, 1.82) is 0 Å². The lowest BCUT2D eigenvalue weighted by atomic mass is 10.1. The maximum Gasteiger partial charge on any atom is 0.543 e. The summed E-state index contributed by atoms with van der Waals surface area (Å²) in [6.07, 6.45) is 7.16. The van der Waals surface area contributed by atoms with Crippen molar-refractivity contribution in [2.75, 3.05) is 26.4 Å². The van der Waals surface area contributed by atoms with Gasteiger partial charge in [0.2, 0.25) is 0 Å². The van der Waals surface area contributed by atoms with E-state index in [4.69, 9.17) is 18.9 Å².